The van der Waals surface area contributed by atoms with Gasteiger partial charge in [0, 0.05) is 112 Å². The zero-order valence-electron chi connectivity index (χ0n) is 71.6. The lowest BCUT2D eigenvalue weighted by Gasteiger charge is -2.27. The number of esters is 2. The van der Waals surface area contributed by atoms with Crippen molar-refractivity contribution in [2.45, 2.75) is 191 Å². The predicted octanol–water partition coefficient (Wildman–Crippen LogP) is 20.1. The Morgan fingerprint density at radius 3 is 1.39 bits per heavy atom. The molecule has 13 aromatic rings. The second-order valence-corrected chi connectivity index (χ2v) is 37.3. The molecule has 5 aliphatic carbocycles. The molecule has 18 rings (SSSR count). The number of nitrogens with zero attached hydrogens (tertiary/aromatic N) is 16. The fourth-order valence-corrected chi connectivity index (χ4v) is 19.8. The Labute approximate surface area is 765 Å². The molecule has 5 N–H and O–H groups in total. The van der Waals surface area contributed by atoms with Gasteiger partial charge < -0.3 is 25.2 Å². The van der Waals surface area contributed by atoms with E-state index < -0.39 is 21.7 Å². The van der Waals surface area contributed by atoms with Crippen LogP contribution in [0.5, 0.6) is 0 Å². The molecule has 0 unspecified atom stereocenters. The summed E-state index contributed by atoms with van der Waals surface area (Å²) in [4.78, 5) is 79.9. The van der Waals surface area contributed by atoms with E-state index in [1.165, 1.54) is 36.9 Å². The number of ether oxygens (including phenoxy) is 2. The van der Waals surface area contributed by atoms with Gasteiger partial charge in [-0.1, -0.05) is 157 Å². The molecule has 5 saturated carbocycles. The van der Waals surface area contributed by atoms with Gasteiger partial charge in [0.15, 0.2) is 46.4 Å². The molecule has 672 valence electrons. The third-order valence-corrected chi connectivity index (χ3v) is 27.0. The van der Waals surface area contributed by atoms with Crippen molar-refractivity contribution in [2.24, 2.45) is 59.0 Å². The first kappa shape index (κ1) is 93.7. The number of carbonyl (C=O) groups is 3. The number of benzene rings is 3. The largest absolute Gasteiger partial charge is 0.461 e. The number of nitrogens with one attached hydrogen (secondary N) is 3. The number of primary amides is 1. The highest BCUT2D eigenvalue weighted by Crippen LogP contribution is 2.41. The number of carbonyl (C=O) groups excluding carboxylic acids is 3. The summed E-state index contributed by atoms with van der Waals surface area (Å²) in [5, 5.41) is 45.2. The number of halogens is 6. The number of amides is 1. The number of fused-ring (bicyclic) bond motifs is 3. The highest BCUT2D eigenvalue weighted by molar-refractivity contribution is 7.90. The molecule has 0 saturated heterocycles. The zero-order chi connectivity index (χ0) is 91.2. The molecule has 130 heavy (non-hydrogen) atoms. The van der Waals surface area contributed by atoms with E-state index in [1.807, 2.05) is 67.6 Å². The van der Waals surface area contributed by atoms with Gasteiger partial charge in [-0.05, 0) is 187 Å². The molecule has 27 nitrogen and oxygen atoms in total. The SMILES string of the molecule is Cc1ccc(S(=O)(=O)n2cc(-c3ncc(F)c(C[C@H]4CCC[C@@H](C#N)C4)n3)c3cc(Cl)cnc32)cc1.Fc1cnc(-c2c[nH]c3ncc(Cl)cc23)nc1C[C@H]1CCC[C@@H](c2nn[nH]n2)C1.N#C[C@@H]1CCC[C@H](CC(=O)OCc2ccccc2)C1.N#C[C@@H]1CCC[C@H](Cc2nc(-c3c[nH]c4ncc(Cl)cc34)ncc2F)C1.NC(=O)[C@@H]1CCC[C@H](CC(=O)OCc2ccccc2)C1. The molecule has 3 aromatic carbocycles. The van der Waals surface area contributed by atoms with Gasteiger partial charge in [-0.3, -0.25) is 14.4 Å². The molecule has 10 heterocycles. The molecule has 10 atom stereocenters. The van der Waals surface area contributed by atoms with E-state index in [0.29, 0.717) is 124 Å². The molecular formula is C96H98Cl3F3N20O7S. The Bertz CT molecular complexity index is 6340. The minimum absolute atomic E-state index is 0.0220. The van der Waals surface area contributed by atoms with Crippen molar-refractivity contribution in [3.63, 3.8) is 0 Å². The first-order valence-corrected chi connectivity index (χ1v) is 46.5. The van der Waals surface area contributed by atoms with Gasteiger partial charge in [0.05, 0.1) is 73.8 Å². The van der Waals surface area contributed by atoms with Gasteiger partial charge in [-0.25, -0.2) is 70.4 Å². The Hall–Kier alpha value is -12.5. The molecular weight excluding hydrogens is 1740 g/mol. The van der Waals surface area contributed by atoms with Crippen LogP contribution in [0.4, 0.5) is 13.2 Å². The van der Waals surface area contributed by atoms with Crippen LogP contribution in [-0.4, -0.2) is 106 Å². The Balaban J connectivity index is 0.000000134. The number of H-pyrrole nitrogens is 3. The first-order chi connectivity index (χ1) is 63.0. The number of nitriles is 3. The lowest BCUT2D eigenvalue weighted by atomic mass is 9.79. The number of hydrogen-bond acceptors (Lipinski definition) is 22. The molecule has 34 heteroatoms. The van der Waals surface area contributed by atoms with Crippen molar-refractivity contribution in [3.05, 3.63) is 231 Å². The van der Waals surface area contributed by atoms with E-state index in [1.54, 1.807) is 55.1 Å². The molecule has 5 fully saturated rings. The van der Waals surface area contributed by atoms with E-state index in [9.17, 15) is 41.2 Å². The number of pyridine rings is 3. The average molecular weight is 1840 g/mol. The minimum atomic E-state index is -3.98. The Morgan fingerprint density at radius 2 is 0.931 bits per heavy atom. The molecule has 10 aromatic heterocycles. The summed E-state index contributed by atoms with van der Waals surface area (Å²) < 4.78 is 82.1. The lowest BCUT2D eigenvalue weighted by molar-refractivity contribution is -0.147. The van der Waals surface area contributed by atoms with Crippen LogP contribution in [-0.2, 0) is 66.4 Å². The quantitative estimate of drug-likeness (QED) is 0.0485. The number of rotatable bonds is 21. The Morgan fingerprint density at radius 1 is 0.508 bits per heavy atom. The zero-order valence-corrected chi connectivity index (χ0v) is 74.7. The maximum atomic E-state index is 14.7. The highest BCUT2D eigenvalue weighted by Gasteiger charge is 2.33. The maximum absolute atomic E-state index is 14.7. The highest BCUT2D eigenvalue weighted by atomic mass is 35.5. The third-order valence-electron chi connectivity index (χ3n) is 24.8. The van der Waals surface area contributed by atoms with Crippen molar-refractivity contribution in [3.8, 4) is 52.4 Å². The number of hydrogen-bond donors (Lipinski definition) is 4. The van der Waals surface area contributed by atoms with E-state index in [-0.39, 0.29) is 93.1 Å². The van der Waals surface area contributed by atoms with Crippen molar-refractivity contribution in [1.82, 2.24) is 79.4 Å². The minimum Gasteiger partial charge on any atom is -0.461 e. The Kier molecular flexibility index (Phi) is 32.2. The van der Waals surface area contributed by atoms with Gasteiger partial charge in [0.25, 0.3) is 10.0 Å². The monoisotopic (exact) mass is 1840 g/mol. The average Bonchev–Trinajstić information content (AvgIpc) is 1.59. The van der Waals surface area contributed by atoms with E-state index in [2.05, 4.69) is 93.7 Å². The fraction of sp³-hybridized carbons (Fsp3) is 0.396. The van der Waals surface area contributed by atoms with Gasteiger partial charge >= 0.3 is 11.9 Å². The van der Waals surface area contributed by atoms with Crippen molar-refractivity contribution >= 4 is 95.8 Å². The number of aromatic nitrogens is 16. The van der Waals surface area contributed by atoms with Crippen LogP contribution in [0.3, 0.4) is 0 Å². The second-order valence-electron chi connectivity index (χ2n) is 34.2. The van der Waals surface area contributed by atoms with Gasteiger partial charge in [0.1, 0.15) is 24.5 Å². The smallest absolute Gasteiger partial charge is 0.306 e. The van der Waals surface area contributed by atoms with Crippen LogP contribution in [0.2, 0.25) is 15.1 Å². The van der Waals surface area contributed by atoms with Gasteiger partial charge in [0.2, 0.25) is 5.91 Å². The van der Waals surface area contributed by atoms with Crippen LogP contribution in [0.1, 0.15) is 187 Å². The summed E-state index contributed by atoms with van der Waals surface area (Å²) in [7, 11) is -3.98. The van der Waals surface area contributed by atoms with Crippen LogP contribution < -0.4 is 5.73 Å². The maximum Gasteiger partial charge on any atom is 0.306 e. The summed E-state index contributed by atoms with van der Waals surface area (Å²) in [6, 6.07) is 38.0. The number of aromatic amines is 3. The summed E-state index contributed by atoms with van der Waals surface area (Å²) >= 11 is 18.3. The molecule has 0 radical (unpaired) electrons. The first-order valence-electron chi connectivity index (χ1n) is 43.9. The van der Waals surface area contributed by atoms with Crippen molar-refractivity contribution < 1.29 is 45.4 Å². The summed E-state index contributed by atoms with van der Waals surface area (Å²) in [5.41, 5.74) is 12.8. The fourth-order valence-electron chi connectivity index (χ4n) is 18.0. The number of tetrazole rings is 1. The summed E-state index contributed by atoms with van der Waals surface area (Å²) in [6.07, 6.45) is 33.9. The third kappa shape index (κ3) is 24.9. The topological polar surface area (TPSA) is 408 Å². The normalized spacial score (nSPS) is 20.2. The van der Waals surface area contributed by atoms with Crippen LogP contribution in [0.25, 0.3) is 67.3 Å². The van der Waals surface area contributed by atoms with Gasteiger partial charge in [-0.15, -0.1) is 10.2 Å². The second kappa shape index (κ2) is 44.7. The summed E-state index contributed by atoms with van der Waals surface area (Å²) in [5.74, 6) is 1.59. The molecule has 5 aliphatic rings. The van der Waals surface area contributed by atoms with Gasteiger partial charge in [-0.2, -0.15) is 21.0 Å². The van der Waals surface area contributed by atoms with Crippen molar-refractivity contribution in [2.75, 3.05) is 0 Å². The van der Waals surface area contributed by atoms with E-state index in [4.69, 9.17) is 60.5 Å². The molecule has 0 bridgehead atoms. The molecule has 1 amide bonds. The predicted molar refractivity (Wildman–Crippen MR) is 483 cm³/mol. The lowest BCUT2D eigenvalue weighted by Crippen LogP contribution is -2.29. The van der Waals surface area contributed by atoms with Crippen molar-refractivity contribution in [1.29, 1.82) is 15.8 Å². The van der Waals surface area contributed by atoms with Crippen LogP contribution in [0.15, 0.2) is 164 Å². The van der Waals surface area contributed by atoms with E-state index >= 15 is 0 Å². The standard InChI is InChI=1S/C26H23ClFN5O2S.C19H18ClFN8.C19H17ClFN5.C16H21NO3.C16H19NO2/c1-16-5-7-20(8-6-16)36(34,35)33-15-22(21-11-19(27)13-31-26(21)33)25-30-14-23(28)24(32-25)10-17-3-2-4-18(9-17)12-29;20-12-6-13-14(8-23-18(13)22-7-12)19-24-9-15(21)16(25-19)5-10-2-1-3-11(4-10)17-26-28-29-27-17;20-13-6-14-15(9-24-18(14)23-8-13)19-25-10-16(21)17(26-19)5-11-2-1-3-12(4-11)7-22;17-16(19)14-8-4-7-13(9-14)10-15(18)20-11-12-5-2-1-3-6-12;17-11-15-8-4-7-14(9-15)10-16(18)19-12-13-5-2-1-3-6-13/h5-8,11,13-15,17-18H,2-4,9-10H2,1H3;6-11H,1-5H2,(H,22,23)(H,26,27,28,29);6,8-12H,1-5H2,(H,23,24);1-3,5-6,13-14H,4,7-11H2,(H2,17,19);1-3,5-6,14-15H,4,7-10,12H2/t17-,18+;10-,11+;11-,12+;13-,14+;14-,15+/m00000/s1. The molecule has 0 spiro atoms. The molecule has 0 aliphatic heterocycles. The van der Waals surface area contributed by atoms with E-state index in [0.717, 1.165) is 177 Å². The summed E-state index contributed by atoms with van der Waals surface area (Å²) in [6.45, 7) is 2.53. The number of aryl methyl sites for hydroxylation is 1. The van der Waals surface area contributed by atoms with Crippen LogP contribution in [0, 0.1) is 112 Å². The van der Waals surface area contributed by atoms with Crippen LogP contribution >= 0.6 is 34.8 Å². The number of nitrogens with two attached hydrogens (primary N) is 1.